The standard InChI is InChI=1S/C15H25N5O2/c1-15(22)7-5-8-19(11-15)14(21)16-10-13-18-17-12-6-3-2-4-9-20(12)13/h22H,2-11H2,1H3,(H,16,21). The van der Waals surface area contributed by atoms with Crippen molar-refractivity contribution in [1.29, 1.82) is 0 Å². The fourth-order valence-electron chi connectivity index (χ4n) is 3.34. The van der Waals surface area contributed by atoms with Gasteiger partial charge in [-0.05, 0) is 32.6 Å². The van der Waals surface area contributed by atoms with Crippen LogP contribution in [0, 0.1) is 0 Å². The van der Waals surface area contributed by atoms with E-state index >= 15 is 0 Å². The lowest BCUT2D eigenvalue weighted by atomic mass is 9.95. The maximum Gasteiger partial charge on any atom is 0.317 e. The van der Waals surface area contributed by atoms with E-state index in [1.54, 1.807) is 11.8 Å². The number of amides is 2. The Labute approximate surface area is 130 Å². The topological polar surface area (TPSA) is 83.3 Å². The zero-order valence-corrected chi connectivity index (χ0v) is 13.2. The number of likely N-dealkylation sites (tertiary alicyclic amines) is 1. The predicted octanol–water partition coefficient (Wildman–Crippen LogP) is 1.06. The highest BCUT2D eigenvalue weighted by molar-refractivity contribution is 5.74. The Bertz CT molecular complexity index is 540. The summed E-state index contributed by atoms with van der Waals surface area (Å²) in [7, 11) is 0. The summed E-state index contributed by atoms with van der Waals surface area (Å²) in [6, 6.07) is -0.133. The average molecular weight is 307 g/mol. The Morgan fingerprint density at radius 1 is 1.27 bits per heavy atom. The lowest BCUT2D eigenvalue weighted by molar-refractivity contribution is -0.00255. The summed E-state index contributed by atoms with van der Waals surface area (Å²) < 4.78 is 2.14. The van der Waals surface area contributed by atoms with Crippen molar-refractivity contribution in [2.75, 3.05) is 13.1 Å². The fourth-order valence-corrected chi connectivity index (χ4v) is 3.34. The quantitative estimate of drug-likeness (QED) is 0.856. The minimum absolute atomic E-state index is 0.133. The van der Waals surface area contributed by atoms with E-state index in [-0.39, 0.29) is 6.03 Å². The van der Waals surface area contributed by atoms with Gasteiger partial charge in [0, 0.05) is 19.5 Å². The number of aliphatic hydroxyl groups is 1. The van der Waals surface area contributed by atoms with E-state index in [0.29, 0.717) is 19.6 Å². The van der Waals surface area contributed by atoms with E-state index in [1.165, 1.54) is 6.42 Å². The van der Waals surface area contributed by atoms with Crippen molar-refractivity contribution in [3.05, 3.63) is 11.6 Å². The van der Waals surface area contributed by atoms with Gasteiger partial charge in [0.25, 0.3) is 0 Å². The second kappa shape index (κ2) is 6.24. The maximum absolute atomic E-state index is 12.3. The van der Waals surface area contributed by atoms with Gasteiger partial charge in [-0.2, -0.15) is 0 Å². The first-order valence-electron chi connectivity index (χ1n) is 8.21. The molecule has 2 aliphatic rings. The van der Waals surface area contributed by atoms with Gasteiger partial charge >= 0.3 is 6.03 Å². The molecule has 7 heteroatoms. The van der Waals surface area contributed by atoms with Crippen LogP contribution in [-0.4, -0.2) is 49.5 Å². The summed E-state index contributed by atoms with van der Waals surface area (Å²) in [5.74, 6) is 1.86. The van der Waals surface area contributed by atoms with Gasteiger partial charge in [0.15, 0.2) is 5.82 Å². The minimum atomic E-state index is -0.776. The third kappa shape index (κ3) is 3.40. The molecule has 0 radical (unpaired) electrons. The maximum atomic E-state index is 12.3. The number of hydrogen-bond acceptors (Lipinski definition) is 4. The molecule has 7 nitrogen and oxygen atoms in total. The number of β-amino-alcohol motifs (C(OH)–C–C–N with tert-alkyl or cyclic N) is 1. The van der Waals surface area contributed by atoms with Gasteiger partial charge in [-0.3, -0.25) is 0 Å². The van der Waals surface area contributed by atoms with Gasteiger partial charge in [-0.1, -0.05) is 6.42 Å². The van der Waals surface area contributed by atoms with Crippen molar-refractivity contribution in [2.24, 2.45) is 0 Å². The molecule has 0 saturated carbocycles. The molecule has 2 N–H and O–H groups in total. The molecule has 0 aromatic carbocycles. The van der Waals surface area contributed by atoms with Gasteiger partial charge in [-0.25, -0.2) is 4.79 Å². The highest BCUT2D eigenvalue weighted by atomic mass is 16.3. The van der Waals surface area contributed by atoms with Crippen LogP contribution in [0.1, 0.15) is 50.7 Å². The second-order valence-corrected chi connectivity index (χ2v) is 6.68. The monoisotopic (exact) mass is 307 g/mol. The van der Waals surface area contributed by atoms with Crippen LogP contribution in [0.4, 0.5) is 4.79 Å². The van der Waals surface area contributed by atoms with Gasteiger partial charge < -0.3 is 19.9 Å². The third-order valence-corrected chi connectivity index (χ3v) is 4.55. The lowest BCUT2D eigenvalue weighted by Crippen LogP contribution is -2.51. The molecule has 1 fully saturated rings. The number of hydrogen-bond donors (Lipinski definition) is 2. The molecule has 3 rings (SSSR count). The number of aryl methyl sites for hydroxylation is 1. The summed E-state index contributed by atoms with van der Waals surface area (Å²) in [6.45, 7) is 4.19. The molecular weight excluding hydrogens is 282 g/mol. The molecule has 1 saturated heterocycles. The van der Waals surface area contributed by atoms with Gasteiger partial charge in [0.05, 0.1) is 18.7 Å². The number of carbonyl (C=O) groups excluding carboxylic acids is 1. The summed E-state index contributed by atoms with van der Waals surface area (Å²) in [4.78, 5) is 13.9. The summed E-state index contributed by atoms with van der Waals surface area (Å²) >= 11 is 0. The molecule has 0 spiro atoms. The first-order chi connectivity index (χ1) is 10.6. The van der Waals surface area contributed by atoms with Crippen LogP contribution < -0.4 is 5.32 Å². The Morgan fingerprint density at radius 2 is 2.14 bits per heavy atom. The Kier molecular flexibility index (Phi) is 4.33. The molecular formula is C15H25N5O2. The largest absolute Gasteiger partial charge is 0.388 e. The van der Waals surface area contributed by atoms with Gasteiger partial charge in [-0.15, -0.1) is 10.2 Å². The molecule has 1 atom stereocenters. The molecule has 122 valence electrons. The van der Waals surface area contributed by atoms with E-state index in [1.807, 2.05) is 0 Å². The van der Waals surface area contributed by atoms with E-state index in [4.69, 9.17) is 0 Å². The van der Waals surface area contributed by atoms with Crippen LogP contribution in [-0.2, 0) is 19.5 Å². The number of aromatic nitrogens is 3. The van der Waals surface area contributed by atoms with Crippen molar-refractivity contribution in [3.8, 4) is 0 Å². The number of fused-ring (bicyclic) bond motifs is 1. The van der Waals surface area contributed by atoms with E-state index in [2.05, 4.69) is 20.1 Å². The Hall–Kier alpha value is -1.63. The van der Waals surface area contributed by atoms with E-state index in [9.17, 15) is 9.90 Å². The van der Waals surface area contributed by atoms with Crippen molar-refractivity contribution >= 4 is 6.03 Å². The molecule has 2 amide bonds. The van der Waals surface area contributed by atoms with Crippen LogP contribution in [0.2, 0.25) is 0 Å². The number of urea groups is 1. The molecule has 0 bridgehead atoms. The van der Waals surface area contributed by atoms with Crippen LogP contribution in [0.3, 0.4) is 0 Å². The fraction of sp³-hybridized carbons (Fsp3) is 0.800. The second-order valence-electron chi connectivity index (χ2n) is 6.68. The number of piperidine rings is 1. The number of nitrogens with one attached hydrogen (secondary N) is 1. The zero-order valence-electron chi connectivity index (χ0n) is 13.2. The lowest BCUT2D eigenvalue weighted by Gasteiger charge is -2.36. The molecule has 22 heavy (non-hydrogen) atoms. The average Bonchev–Trinajstić information content (AvgIpc) is 2.71. The first-order valence-corrected chi connectivity index (χ1v) is 8.21. The SMILES string of the molecule is CC1(O)CCCN(C(=O)NCc2nnc3n2CCCCC3)C1. The minimum Gasteiger partial charge on any atom is -0.388 e. The van der Waals surface area contributed by atoms with Gasteiger partial charge in [0.1, 0.15) is 5.82 Å². The highest BCUT2D eigenvalue weighted by Crippen LogP contribution is 2.20. The Balaban J connectivity index is 1.58. The Morgan fingerprint density at radius 3 is 2.95 bits per heavy atom. The molecule has 1 unspecified atom stereocenters. The molecule has 3 heterocycles. The van der Waals surface area contributed by atoms with E-state index in [0.717, 1.165) is 50.3 Å². The zero-order chi connectivity index (χ0) is 15.6. The van der Waals surface area contributed by atoms with Gasteiger partial charge in [0.2, 0.25) is 0 Å². The normalized spacial score (nSPS) is 25.5. The number of rotatable bonds is 2. The summed E-state index contributed by atoms with van der Waals surface area (Å²) in [5.41, 5.74) is -0.776. The molecule has 0 aliphatic carbocycles. The summed E-state index contributed by atoms with van der Waals surface area (Å²) in [6.07, 6.45) is 6.07. The predicted molar refractivity (Wildman–Crippen MR) is 81.2 cm³/mol. The van der Waals surface area contributed by atoms with Crippen LogP contribution in [0.25, 0.3) is 0 Å². The number of nitrogens with zero attached hydrogens (tertiary/aromatic N) is 4. The highest BCUT2D eigenvalue weighted by Gasteiger charge is 2.31. The van der Waals surface area contributed by atoms with Crippen molar-refractivity contribution in [2.45, 2.75) is 64.1 Å². The van der Waals surface area contributed by atoms with Crippen LogP contribution in [0.15, 0.2) is 0 Å². The smallest absolute Gasteiger partial charge is 0.317 e. The number of carbonyl (C=O) groups is 1. The molecule has 1 aromatic heterocycles. The third-order valence-electron chi connectivity index (χ3n) is 4.55. The molecule has 1 aromatic rings. The van der Waals surface area contributed by atoms with Crippen molar-refractivity contribution < 1.29 is 9.90 Å². The van der Waals surface area contributed by atoms with E-state index < -0.39 is 5.60 Å². The van der Waals surface area contributed by atoms with Crippen LogP contribution in [0.5, 0.6) is 0 Å². The van der Waals surface area contributed by atoms with Crippen molar-refractivity contribution in [3.63, 3.8) is 0 Å². The van der Waals surface area contributed by atoms with Crippen LogP contribution >= 0.6 is 0 Å². The van der Waals surface area contributed by atoms with Crippen molar-refractivity contribution in [1.82, 2.24) is 25.0 Å². The molecule has 2 aliphatic heterocycles. The summed E-state index contributed by atoms with van der Waals surface area (Å²) in [5, 5.41) is 21.5. The first kappa shape index (κ1) is 15.3.